The van der Waals surface area contributed by atoms with Crippen LogP contribution in [0.4, 0.5) is 11.6 Å². The predicted molar refractivity (Wildman–Crippen MR) is 84.7 cm³/mol. The summed E-state index contributed by atoms with van der Waals surface area (Å²) >= 11 is 0. The first-order valence-corrected chi connectivity index (χ1v) is 8.55. The van der Waals surface area contributed by atoms with Gasteiger partial charge in [0.15, 0.2) is 20.6 Å². The van der Waals surface area contributed by atoms with Gasteiger partial charge in [0, 0.05) is 12.8 Å². The second kappa shape index (κ2) is 5.40. The average Bonchev–Trinajstić information content (AvgIpc) is 2.69. The van der Waals surface area contributed by atoms with Gasteiger partial charge in [-0.05, 0) is 38.0 Å². The summed E-state index contributed by atoms with van der Waals surface area (Å²) in [6.07, 6.45) is 1.13. The minimum atomic E-state index is -3.47. The lowest BCUT2D eigenvalue weighted by Gasteiger charge is -2.09. The van der Waals surface area contributed by atoms with Crippen molar-refractivity contribution in [3.63, 3.8) is 0 Å². The van der Waals surface area contributed by atoms with E-state index in [0.717, 1.165) is 23.1 Å². The molecule has 6 nitrogen and oxygen atoms in total. The topological polar surface area (TPSA) is 90.0 Å². The van der Waals surface area contributed by atoms with E-state index in [1.54, 1.807) is 0 Å². The predicted octanol–water partition coefficient (Wildman–Crippen LogP) is 1.91. The molecule has 0 unspecified atom stereocenters. The molecule has 3 N–H and O–H groups in total. The molecular formula is C14H20N4O2S. The molecule has 0 amide bonds. The van der Waals surface area contributed by atoms with E-state index in [4.69, 9.17) is 5.73 Å². The highest BCUT2D eigenvalue weighted by Gasteiger charge is 2.25. The lowest BCUT2D eigenvalue weighted by molar-refractivity contribution is 0.602. The molecule has 0 atom stereocenters. The third-order valence-corrected chi connectivity index (χ3v) is 4.33. The van der Waals surface area contributed by atoms with Crippen LogP contribution in [0.1, 0.15) is 18.1 Å². The maximum absolute atomic E-state index is 12.0. The number of rotatable bonds is 4. The number of aryl methyl sites for hydroxylation is 2. The summed E-state index contributed by atoms with van der Waals surface area (Å²) in [5, 5.41) is 7.30. The summed E-state index contributed by atoms with van der Waals surface area (Å²) in [4.78, 5) is 0.0465. The molecule has 0 saturated heterocycles. The largest absolute Gasteiger partial charge is 0.382 e. The van der Waals surface area contributed by atoms with Crippen LogP contribution in [0.3, 0.4) is 0 Å². The number of nitrogens with two attached hydrogens (primary N) is 1. The Labute approximate surface area is 124 Å². The molecule has 1 aromatic carbocycles. The molecule has 0 fully saturated rings. The van der Waals surface area contributed by atoms with Crippen molar-refractivity contribution in [1.82, 2.24) is 9.78 Å². The van der Waals surface area contributed by atoms with E-state index in [0.29, 0.717) is 12.4 Å². The molecule has 1 aromatic heterocycles. The first kappa shape index (κ1) is 15.4. The summed E-state index contributed by atoms with van der Waals surface area (Å²) < 4.78 is 25.4. The van der Waals surface area contributed by atoms with Crippen molar-refractivity contribution >= 4 is 21.5 Å². The maximum atomic E-state index is 12.0. The van der Waals surface area contributed by atoms with Gasteiger partial charge >= 0.3 is 0 Å². The highest BCUT2D eigenvalue weighted by atomic mass is 32.2. The normalized spacial score (nSPS) is 11.6. The minimum absolute atomic E-state index is 0.0465. The Morgan fingerprint density at radius 3 is 2.57 bits per heavy atom. The molecule has 0 spiro atoms. The number of anilines is 2. The molecule has 1 heterocycles. The maximum Gasteiger partial charge on any atom is 0.182 e. The van der Waals surface area contributed by atoms with Gasteiger partial charge in [-0.15, -0.1) is 5.10 Å². The number of hydrogen-bond donors (Lipinski definition) is 2. The molecule has 0 bridgehead atoms. The summed E-state index contributed by atoms with van der Waals surface area (Å²) in [6, 6.07) is 5.88. The van der Waals surface area contributed by atoms with Crippen molar-refractivity contribution in [3.8, 4) is 5.69 Å². The van der Waals surface area contributed by atoms with Crippen LogP contribution < -0.4 is 11.1 Å². The average molecular weight is 308 g/mol. The lowest BCUT2D eigenvalue weighted by atomic mass is 10.1. The van der Waals surface area contributed by atoms with Gasteiger partial charge in [0.25, 0.3) is 0 Å². The molecule has 114 valence electrons. The molecule has 0 aliphatic carbocycles. The van der Waals surface area contributed by atoms with Crippen molar-refractivity contribution in [2.45, 2.75) is 25.7 Å². The zero-order valence-electron chi connectivity index (χ0n) is 12.6. The molecule has 0 saturated carbocycles. The number of sulfone groups is 1. The fraction of sp³-hybridized carbons (Fsp3) is 0.357. The van der Waals surface area contributed by atoms with E-state index < -0.39 is 9.84 Å². The van der Waals surface area contributed by atoms with E-state index in [9.17, 15) is 8.42 Å². The Morgan fingerprint density at radius 1 is 1.33 bits per heavy atom. The number of nitrogens with zero attached hydrogens (tertiary/aromatic N) is 2. The van der Waals surface area contributed by atoms with Gasteiger partial charge in [0.05, 0.1) is 5.69 Å². The van der Waals surface area contributed by atoms with Gasteiger partial charge in [-0.25, -0.2) is 13.1 Å². The number of benzene rings is 1. The Morgan fingerprint density at radius 2 is 2.00 bits per heavy atom. The highest BCUT2D eigenvalue weighted by molar-refractivity contribution is 7.91. The molecule has 21 heavy (non-hydrogen) atoms. The SMILES string of the molecule is CCNc1nn(-c2cc(C)ccc2C)c(N)c1S(C)(=O)=O. The van der Waals surface area contributed by atoms with E-state index in [-0.39, 0.29) is 10.7 Å². The Bertz CT molecular complexity index is 779. The van der Waals surface area contributed by atoms with Gasteiger partial charge in [-0.1, -0.05) is 12.1 Å². The smallest absolute Gasteiger partial charge is 0.182 e. The molecule has 7 heteroatoms. The monoisotopic (exact) mass is 308 g/mol. The van der Waals surface area contributed by atoms with Crippen molar-refractivity contribution in [2.24, 2.45) is 0 Å². The van der Waals surface area contributed by atoms with Crippen LogP contribution in [0.5, 0.6) is 0 Å². The molecule has 2 aromatic rings. The third-order valence-electron chi connectivity index (χ3n) is 3.18. The van der Waals surface area contributed by atoms with E-state index >= 15 is 0 Å². The molecular weight excluding hydrogens is 288 g/mol. The third kappa shape index (κ3) is 2.87. The highest BCUT2D eigenvalue weighted by Crippen LogP contribution is 2.30. The van der Waals surface area contributed by atoms with Crippen LogP contribution in [0.2, 0.25) is 0 Å². The van der Waals surface area contributed by atoms with E-state index in [1.165, 1.54) is 4.68 Å². The van der Waals surface area contributed by atoms with E-state index in [2.05, 4.69) is 10.4 Å². The summed E-state index contributed by atoms with van der Waals surface area (Å²) in [5.74, 6) is 0.417. The van der Waals surface area contributed by atoms with Crippen LogP contribution in [0.15, 0.2) is 23.1 Å². The van der Waals surface area contributed by atoms with Gasteiger partial charge in [0.1, 0.15) is 5.82 Å². The van der Waals surface area contributed by atoms with E-state index in [1.807, 2.05) is 39.0 Å². The quantitative estimate of drug-likeness (QED) is 0.900. The van der Waals surface area contributed by atoms with Gasteiger partial charge in [-0.2, -0.15) is 0 Å². The second-order valence-electron chi connectivity index (χ2n) is 5.07. The first-order valence-electron chi connectivity index (χ1n) is 6.65. The van der Waals surface area contributed by atoms with Gasteiger partial charge in [-0.3, -0.25) is 0 Å². The number of nitrogen functional groups attached to an aromatic ring is 1. The lowest BCUT2D eigenvalue weighted by Crippen LogP contribution is -2.07. The standard InChI is InChI=1S/C14H20N4O2S/c1-5-16-14-12(21(4,19)20)13(15)18(17-14)11-8-9(2)6-7-10(11)3/h6-8H,5,15H2,1-4H3,(H,16,17). The van der Waals surface area contributed by atoms with Crippen LogP contribution in [-0.2, 0) is 9.84 Å². The summed E-state index contributed by atoms with van der Waals surface area (Å²) in [7, 11) is -3.47. The molecule has 0 radical (unpaired) electrons. The fourth-order valence-corrected chi connectivity index (χ4v) is 3.13. The van der Waals surface area contributed by atoms with Crippen LogP contribution >= 0.6 is 0 Å². The van der Waals surface area contributed by atoms with Crippen molar-refractivity contribution in [2.75, 3.05) is 23.9 Å². The van der Waals surface area contributed by atoms with Crippen LogP contribution in [-0.4, -0.2) is 31.0 Å². The van der Waals surface area contributed by atoms with Gasteiger partial charge < -0.3 is 11.1 Å². The molecule has 0 aliphatic rings. The second-order valence-corrected chi connectivity index (χ2v) is 7.02. The van der Waals surface area contributed by atoms with Gasteiger partial charge in [0.2, 0.25) is 0 Å². The zero-order chi connectivity index (χ0) is 15.8. The Balaban J connectivity index is 2.74. The van der Waals surface area contributed by atoms with Crippen molar-refractivity contribution < 1.29 is 8.42 Å². The number of hydrogen-bond acceptors (Lipinski definition) is 5. The zero-order valence-corrected chi connectivity index (χ0v) is 13.5. The Hall–Kier alpha value is -2.02. The Kier molecular flexibility index (Phi) is 3.95. The van der Waals surface area contributed by atoms with Crippen molar-refractivity contribution in [3.05, 3.63) is 29.3 Å². The van der Waals surface area contributed by atoms with Crippen LogP contribution in [0, 0.1) is 13.8 Å². The number of nitrogens with one attached hydrogen (secondary N) is 1. The summed E-state index contributed by atoms with van der Waals surface area (Å²) in [5.41, 5.74) is 8.85. The minimum Gasteiger partial charge on any atom is -0.382 e. The molecule has 0 aliphatic heterocycles. The van der Waals surface area contributed by atoms with Crippen molar-refractivity contribution in [1.29, 1.82) is 0 Å². The van der Waals surface area contributed by atoms with Crippen LogP contribution in [0.25, 0.3) is 5.69 Å². The molecule has 2 rings (SSSR count). The fourth-order valence-electron chi connectivity index (χ4n) is 2.20. The summed E-state index contributed by atoms with van der Waals surface area (Å²) in [6.45, 7) is 6.33. The number of aromatic nitrogens is 2. The first-order chi connectivity index (χ1) is 9.75.